The molecule has 0 fully saturated rings. The molecule has 2 N–H and O–H groups in total. The zero-order valence-corrected chi connectivity index (χ0v) is 17.3. The molecule has 1 heterocycles. The van der Waals surface area contributed by atoms with Crippen molar-refractivity contribution in [3.05, 3.63) is 75.8 Å². The van der Waals surface area contributed by atoms with Gasteiger partial charge in [-0.05, 0) is 49.9 Å². The standard InChI is InChI=1S/C23H23N3O2S/c1-3-15-6-4-5-7-18(15)24-22(28)17-12-13-19-20(17)25-23(29-19)26-21(27)16-10-8-14(2)9-11-16/h4-11,17H,3,12-13H2,1-2H3,(H,24,28)(H,25,26,27). The first kappa shape index (κ1) is 19.3. The van der Waals surface area contributed by atoms with E-state index in [1.54, 1.807) is 12.1 Å². The lowest BCUT2D eigenvalue weighted by molar-refractivity contribution is -0.117. The molecule has 1 atom stereocenters. The summed E-state index contributed by atoms with van der Waals surface area (Å²) in [6.45, 7) is 4.05. The average Bonchev–Trinajstić information content (AvgIpc) is 3.29. The van der Waals surface area contributed by atoms with Crippen LogP contribution in [-0.4, -0.2) is 16.8 Å². The van der Waals surface area contributed by atoms with Gasteiger partial charge in [-0.2, -0.15) is 0 Å². The number of amides is 2. The van der Waals surface area contributed by atoms with Gasteiger partial charge in [0, 0.05) is 16.1 Å². The second-order valence-corrected chi connectivity index (χ2v) is 8.32. The largest absolute Gasteiger partial charge is 0.325 e. The number of rotatable bonds is 5. The molecule has 4 rings (SSSR count). The van der Waals surface area contributed by atoms with Crippen molar-refractivity contribution >= 4 is 34.0 Å². The topological polar surface area (TPSA) is 71.1 Å². The Morgan fingerprint density at radius 2 is 1.86 bits per heavy atom. The second-order valence-electron chi connectivity index (χ2n) is 7.24. The molecule has 2 amide bonds. The van der Waals surface area contributed by atoms with Crippen LogP contribution in [0.25, 0.3) is 0 Å². The first-order valence-corrected chi connectivity index (χ1v) is 10.6. The van der Waals surface area contributed by atoms with Crippen molar-refractivity contribution in [2.24, 2.45) is 0 Å². The predicted octanol–water partition coefficient (Wildman–Crippen LogP) is 4.93. The van der Waals surface area contributed by atoms with Gasteiger partial charge in [0.25, 0.3) is 5.91 Å². The van der Waals surface area contributed by atoms with E-state index in [1.165, 1.54) is 11.3 Å². The Hall–Kier alpha value is -2.99. The number of thiazole rings is 1. The van der Waals surface area contributed by atoms with E-state index in [9.17, 15) is 9.59 Å². The van der Waals surface area contributed by atoms with Crippen LogP contribution < -0.4 is 10.6 Å². The molecule has 0 bridgehead atoms. The molecule has 0 saturated carbocycles. The summed E-state index contributed by atoms with van der Waals surface area (Å²) in [5, 5.41) is 6.48. The van der Waals surface area contributed by atoms with E-state index < -0.39 is 0 Å². The first-order chi connectivity index (χ1) is 14.0. The van der Waals surface area contributed by atoms with Crippen molar-refractivity contribution in [1.29, 1.82) is 0 Å². The zero-order chi connectivity index (χ0) is 20.4. The highest BCUT2D eigenvalue weighted by Gasteiger charge is 2.33. The average molecular weight is 406 g/mol. The van der Waals surface area contributed by atoms with Crippen LogP contribution in [0.4, 0.5) is 10.8 Å². The summed E-state index contributed by atoms with van der Waals surface area (Å²) in [5.41, 5.74) is 4.46. The summed E-state index contributed by atoms with van der Waals surface area (Å²) in [6.07, 6.45) is 2.42. The molecule has 3 aromatic rings. The van der Waals surface area contributed by atoms with Gasteiger partial charge in [0.2, 0.25) is 5.91 Å². The maximum absolute atomic E-state index is 12.9. The lowest BCUT2D eigenvalue weighted by Gasteiger charge is -2.13. The summed E-state index contributed by atoms with van der Waals surface area (Å²) in [7, 11) is 0. The Labute approximate surface area is 174 Å². The SMILES string of the molecule is CCc1ccccc1NC(=O)C1CCc2sc(NC(=O)c3ccc(C)cc3)nc21. The molecule has 2 aromatic carbocycles. The molecule has 1 aromatic heterocycles. The lowest BCUT2D eigenvalue weighted by Crippen LogP contribution is -2.20. The Morgan fingerprint density at radius 3 is 2.62 bits per heavy atom. The van der Waals surface area contributed by atoms with Crippen LogP contribution in [0.2, 0.25) is 0 Å². The fourth-order valence-corrected chi connectivity index (χ4v) is 4.61. The highest BCUT2D eigenvalue weighted by atomic mass is 32.1. The molecule has 5 nitrogen and oxygen atoms in total. The minimum absolute atomic E-state index is 0.0358. The number of anilines is 2. The fourth-order valence-electron chi connectivity index (χ4n) is 3.58. The molecule has 0 aliphatic heterocycles. The van der Waals surface area contributed by atoms with Gasteiger partial charge in [-0.1, -0.05) is 42.8 Å². The third kappa shape index (κ3) is 4.07. The molecule has 1 unspecified atom stereocenters. The number of aryl methyl sites for hydroxylation is 3. The second kappa shape index (κ2) is 8.17. The third-order valence-electron chi connectivity index (χ3n) is 5.22. The number of para-hydroxylation sites is 1. The van der Waals surface area contributed by atoms with Gasteiger partial charge in [-0.15, -0.1) is 11.3 Å². The zero-order valence-electron chi connectivity index (χ0n) is 16.5. The van der Waals surface area contributed by atoms with Crippen molar-refractivity contribution in [2.75, 3.05) is 10.6 Å². The number of carbonyl (C=O) groups excluding carboxylic acids is 2. The van der Waals surface area contributed by atoms with Gasteiger partial charge in [0.15, 0.2) is 5.13 Å². The smallest absolute Gasteiger partial charge is 0.257 e. The first-order valence-electron chi connectivity index (χ1n) is 9.81. The van der Waals surface area contributed by atoms with Gasteiger partial charge in [-0.3, -0.25) is 14.9 Å². The normalized spacial score (nSPS) is 15.0. The van der Waals surface area contributed by atoms with Crippen LogP contribution in [0.3, 0.4) is 0 Å². The van der Waals surface area contributed by atoms with E-state index in [2.05, 4.69) is 22.5 Å². The Bertz CT molecular complexity index is 1060. The Balaban J connectivity index is 1.48. The number of carbonyl (C=O) groups is 2. The molecule has 6 heteroatoms. The van der Waals surface area contributed by atoms with Gasteiger partial charge in [-0.25, -0.2) is 4.98 Å². The summed E-state index contributed by atoms with van der Waals surface area (Å²) in [5.74, 6) is -0.502. The van der Waals surface area contributed by atoms with Crippen LogP contribution in [0, 0.1) is 6.92 Å². The molecule has 29 heavy (non-hydrogen) atoms. The van der Waals surface area contributed by atoms with Gasteiger partial charge in [0.1, 0.15) is 0 Å². The summed E-state index contributed by atoms with van der Waals surface area (Å²) in [6, 6.07) is 15.3. The van der Waals surface area contributed by atoms with E-state index in [0.717, 1.165) is 46.6 Å². The van der Waals surface area contributed by atoms with E-state index in [4.69, 9.17) is 0 Å². The molecule has 0 spiro atoms. The summed E-state index contributed by atoms with van der Waals surface area (Å²) >= 11 is 1.46. The summed E-state index contributed by atoms with van der Waals surface area (Å²) in [4.78, 5) is 31.0. The monoisotopic (exact) mass is 405 g/mol. The van der Waals surface area contributed by atoms with E-state index in [1.807, 2.05) is 43.3 Å². The van der Waals surface area contributed by atoms with Crippen LogP contribution in [-0.2, 0) is 17.6 Å². The molecule has 1 aliphatic rings. The number of benzene rings is 2. The van der Waals surface area contributed by atoms with Crippen LogP contribution in [0.15, 0.2) is 48.5 Å². The quantitative estimate of drug-likeness (QED) is 0.632. The predicted molar refractivity (Wildman–Crippen MR) is 117 cm³/mol. The van der Waals surface area contributed by atoms with Gasteiger partial charge >= 0.3 is 0 Å². The van der Waals surface area contributed by atoms with Crippen molar-refractivity contribution in [2.45, 2.75) is 39.0 Å². The third-order valence-corrected chi connectivity index (χ3v) is 6.27. The van der Waals surface area contributed by atoms with Crippen molar-refractivity contribution in [3.8, 4) is 0 Å². The number of fused-ring (bicyclic) bond motifs is 1. The molecule has 148 valence electrons. The molecular formula is C23H23N3O2S. The molecular weight excluding hydrogens is 382 g/mol. The summed E-state index contributed by atoms with van der Waals surface area (Å²) < 4.78 is 0. The number of nitrogens with zero attached hydrogens (tertiary/aromatic N) is 1. The van der Waals surface area contributed by atoms with Crippen molar-refractivity contribution in [3.63, 3.8) is 0 Å². The number of nitrogens with one attached hydrogen (secondary N) is 2. The minimum Gasteiger partial charge on any atom is -0.325 e. The van der Waals surface area contributed by atoms with Crippen LogP contribution in [0.5, 0.6) is 0 Å². The van der Waals surface area contributed by atoms with E-state index in [0.29, 0.717) is 10.7 Å². The Kier molecular flexibility index (Phi) is 5.45. The maximum Gasteiger partial charge on any atom is 0.257 e. The van der Waals surface area contributed by atoms with Crippen LogP contribution in [0.1, 0.15) is 51.3 Å². The Morgan fingerprint density at radius 1 is 1.10 bits per heavy atom. The van der Waals surface area contributed by atoms with Crippen molar-refractivity contribution < 1.29 is 9.59 Å². The van der Waals surface area contributed by atoms with E-state index >= 15 is 0 Å². The molecule has 0 saturated heterocycles. The number of hydrogen-bond donors (Lipinski definition) is 2. The lowest BCUT2D eigenvalue weighted by atomic mass is 10.1. The fraction of sp³-hybridized carbons (Fsp3) is 0.261. The number of hydrogen-bond acceptors (Lipinski definition) is 4. The van der Waals surface area contributed by atoms with Gasteiger partial charge < -0.3 is 5.32 Å². The number of aromatic nitrogens is 1. The van der Waals surface area contributed by atoms with E-state index in [-0.39, 0.29) is 17.7 Å². The van der Waals surface area contributed by atoms with Gasteiger partial charge in [0.05, 0.1) is 11.6 Å². The maximum atomic E-state index is 12.9. The van der Waals surface area contributed by atoms with Crippen molar-refractivity contribution in [1.82, 2.24) is 4.98 Å². The molecule has 0 radical (unpaired) electrons. The highest BCUT2D eigenvalue weighted by Crippen LogP contribution is 2.39. The molecule has 1 aliphatic carbocycles. The van der Waals surface area contributed by atoms with Crippen LogP contribution >= 0.6 is 11.3 Å². The highest BCUT2D eigenvalue weighted by molar-refractivity contribution is 7.16. The minimum atomic E-state index is -0.281.